The zero-order chi connectivity index (χ0) is 21.8. The summed E-state index contributed by atoms with van der Waals surface area (Å²) in [4.78, 5) is 16.2. The summed E-state index contributed by atoms with van der Waals surface area (Å²) in [5.74, 6) is 1.87. The molecule has 0 radical (unpaired) electrons. The fourth-order valence-corrected chi connectivity index (χ4v) is 4.57. The lowest BCUT2D eigenvalue weighted by molar-refractivity contribution is -0.128. The Kier molecular flexibility index (Phi) is 6.92. The fourth-order valence-electron chi connectivity index (χ4n) is 4.57. The number of aryl methyl sites for hydroxylation is 1. The van der Waals surface area contributed by atoms with Crippen molar-refractivity contribution in [1.29, 1.82) is 0 Å². The van der Waals surface area contributed by atoms with Gasteiger partial charge in [0.25, 0.3) is 0 Å². The van der Waals surface area contributed by atoms with Gasteiger partial charge in [0.15, 0.2) is 0 Å². The Bertz CT molecular complexity index is 884. The van der Waals surface area contributed by atoms with Crippen LogP contribution < -0.4 is 10.2 Å². The average Bonchev–Trinajstić information content (AvgIpc) is 3.32. The first-order chi connectivity index (χ1) is 15.0. The lowest BCUT2D eigenvalue weighted by Gasteiger charge is -2.29. The molecule has 2 fully saturated rings. The molecule has 2 aromatic rings. The molecule has 0 saturated carbocycles. The molecule has 4 rings (SSSR count). The molecule has 0 aliphatic carbocycles. The Hall–Kier alpha value is -2.38. The Morgan fingerprint density at radius 2 is 1.77 bits per heavy atom. The maximum absolute atomic E-state index is 11.8. The van der Waals surface area contributed by atoms with Crippen molar-refractivity contribution in [3.8, 4) is 0 Å². The third kappa shape index (κ3) is 5.10. The molecular formula is C24H35N5O2. The monoisotopic (exact) mass is 425 g/mol. The average molecular weight is 426 g/mol. The summed E-state index contributed by atoms with van der Waals surface area (Å²) in [6, 6.07) is 8.62. The van der Waals surface area contributed by atoms with Gasteiger partial charge in [0.1, 0.15) is 5.82 Å². The number of benzene rings is 1. The van der Waals surface area contributed by atoms with Crippen LogP contribution in [0, 0.1) is 0 Å². The third-order valence-electron chi connectivity index (χ3n) is 6.20. The molecule has 7 heteroatoms. The van der Waals surface area contributed by atoms with E-state index in [1.807, 2.05) is 16.6 Å². The van der Waals surface area contributed by atoms with Crippen LogP contribution in [0.4, 0.5) is 5.82 Å². The van der Waals surface area contributed by atoms with Gasteiger partial charge in [-0.1, -0.05) is 38.1 Å². The molecule has 2 saturated heterocycles. The van der Waals surface area contributed by atoms with E-state index in [1.54, 1.807) is 0 Å². The van der Waals surface area contributed by atoms with Crippen molar-refractivity contribution in [2.45, 2.75) is 52.2 Å². The topological polar surface area (TPSA) is 62.6 Å². The number of carbonyl (C=O) groups is 1. The van der Waals surface area contributed by atoms with Crippen LogP contribution in [-0.2, 0) is 36.2 Å². The highest BCUT2D eigenvalue weighted by molar-refractivity contribution is 5.78. The predicted molar refractivity (Wildman–Crippen MR) is 122 cm³/mol. The number of nitrogens with one attached hydrogen (secondary N) is 1. The SMILES string of the molecule is CC(C)c1nn(C)c(N2CCOCC2)c1CNCc1ccc(CN2CCCC2=O)cc1. The minimum absolute atomic E-state index is 0.277. The molecule has 31 heavy (non-hydrogen) atoms. The van der Waals surface area contributed by atoms with Gasteiger partial charge >= 0.3 is 0 Å². The number of amides is 1. The molecule has 168 valence electrons. The number of likely N-dealkylation sites (tertiary alicyclic amines) is 1. The van der Waals surface area contributed by atoms with Gasteiger partial charge in [-0.25, -0.2) is 0 Å². The molecule has 1 N–H and O–H groups in total. The van der Waals surface area contributed by atoms with Gasteiger partial charge in [-0.15, -0.1) is 0 Å². The van der Waals surface area contributed by atoms with Gasteiger partial charge in [0, 0.05) is 58.3 Å². The van der Waals surface area contributed by atoms with Crippen molar-refractivity contribution in [1.82, 2.24) is 20.0 Å². The molecule has 1 aromatic heterocycles. The molecule has 1 aromatic carbocycles. The fraction of sp³-hybridized carbons (Fsp3) is 0.583. The van der Waals surface area contributed by atoms with E-state index in [4.69, 9.17) is 9.84 Å². The molecule has 7 nitrogen and oxygen atoms in total. The normalized spacial score (nSPS) is 17.2. The van der Waals surface area contributed by atoms with Crippen molar-refractivity contribution < 1.29 is 9.53 Å². The summed E-state index contributed by atoms with van der Waals surface area (Å²) in [7, 11) is 2.05. The first-order valence-electron chi connectivity index (χ1n) is 11.5. The van der Waals surface area contributed by atoms with E-state index < -0.39 is 0 Å². The van der Waals surface area contributed by atoms with E-state index >= 15 is 0 Å². The standard InChI is InChI=1S/C24H35N5O2/c1-18(2)23-21(24(27(3)26-23)28-11-13-31-14-12-28)16-25-15-19-6-8-20(9-7-19)17-29-10-4-5-22(29)30/h6-9,18,25H,4-5,10-17H2,1-3H3. The number of hydrogen-bond donors (Lipinski definition) is 1. The Morgan fingerprint density at radius 1 is 1.06 bits per heavy atom. The summed E-state index contributed by atoms with van der Waals surface area (Å²) in [6.45, 7) is 11.0. The van der Waals surface area contributed by atoms with Gasteiger partial charge in [-0.05, 0) is 23.5 Å². The number of nitrogens with zero attached hydrogens (tertiary/aromatic N) is 4. The van der Waals surface area contributed by atoms with Crippen LogP contribution in [-0.4, -0.2) is 53.4 Å². The Balaban J connectivity index is 1.39. The lowest BCUT2D eigenvalue weighted by atomic mass is 10.0. The third-order valence-corrected chi connectivity index (χ3v) is 6.20. The minimum atomic E-state index is 0.277. The number of ether oxygens (including phenoxy) is 1. The molecule has 0 unspecified atom stereocenters. The number of hydrogen-bond acceptors (Lipinski definition) is 5. The number of rotatable bonds is 8. The van der Waals surface area contributed by atoms with Crippen molar-refractivity contribution in [3.63, 3.8) is 0 Å². The smallest absolute Gasteiger partial charge is 0.222 e. The van der Waals surface area contributed by atoms with Crippen LogP contribution in [0.1, 0.15) is 55.0 Å². The highest BCUT2D eigenvalue weighted by atomic mass is 16.5. The summed E-state index contributed by atoms with van der Waals surface area (Å²) < 4.78 is 7.58. The first-order valence-corrected chi connectivity index (χ1v) is 11.5. The number of aromatic nitrogens is 2. The van der Waals surface area contributed by atoms with E-state index in [0.29, 0.717) is 12.3 Å². The molecule has 2 aliphatic heterocycles. The quantitative estimate of drug-likeness (QED) is 0.705. The van der Waals surface area contributed by atoms with E-state index in [-0.39, 0.29) is 5.91 Å². The highest BCUT2D eigenvalue weighted by Crippen LogP contribution is 2.29. The molecule has 3 heterocycles. The summed E-state index contributed by atoms with van der Waals surface area (Å²) in [6.07, 6.45) is 1.68. The predicted octanol–water partition coefficient (Wildman–Crippen LogP) is 2.79. The van der Waals surface area contributed by atoms with E-state index in [1.165, 1.54) is 28.2 Å². The summed E-state index contributed by atoms with van der Waals surface area (Å²) >= 11 is 0. The van der Waals surface area contributed by atoms with Gasteiger partial charge < -0.3 is 19.9 Å². The molecule has 0 atom stereocenters. The van der Waals surface area contributed by atoms with Crippen LogP contribution in [0.3, 0.4) is 0 Å². The summed E-state index contributed by atoms with van der Waals surface area (Å²) in [5, 5.41) is 8.47. The van der Waals surface area contributed by atoms with Gasteiger partial charge in [-0.2, -0.15) is 5.10 Å². The second kappa shape index (κ2) is 9.83. The second-order valence-electron chi connectivity index (χ2n) is 8.90. The molecule has 2 aliphatic rings. The Labute approximate surface area is 185 Å². The van der Waals surface area contributed by atoms with Crippen LogP contribution in [0.25, 0.3) is 0 Å². The van der Waals surface area contributed by atoms with Crippen molar-refractivity contribution >= 4 is 11.7 Å². The number of carbonyl (C=O) groups excluding carboxylic acids is 1. The first kappa shape index (κ1) is 21.8. The van der Waals surface area contributed by atoms with E-state index in [0.717, 1.165) is 58.9 Å². The van der Waals surface area contributed by atoms with Crippen molar-refractivity contribution in [2.24, 2.45) is 7.05 Å². The van der Waals surface area contributed by atoms with Crippen molar-refractivity contribution in [3.05, 3.63) is 46.6 Å². The second-order valence-corrected chi connectivity index (χ2v) is 8.90. The van der Waals surface area contributed by atoms with E-state index in [2.05, 4.69) is 48.3 Å². The van der Waals surface area contributed by atoms with Crippen LogP contribution in [0.2, 0.25) is 0 Å². The highest BCUT2D eigenvalue weighted by Gasteiger charge is 2.24. The maximum Gasteiger partial charge on any atom is 0.222 e. The lowest BCUT2D eigenvalue weighted by Crippen LogP contribution is -2.38. The van der Waals surface area contributed by atoms with Gasteiger partial charge in [0.2, 0.25) is 5.91 Å². The Morgan fingerprint density at radius 3 is 2.42 bits per heavy atom. The van der Waals surface area contributed by atoms with Crippen LogP contribution >= 0.6 is 0 Å². The zero-order valence-corrected chi connectivity index (χ0v) is 19.1. The molecule has 0 spiro atoms. The van der Waals surface area contributed by atoms with Crippen LogP contribution in [0.5, 0.6) is 0 Å². The molecule has 1 amide bonds. The minimum Gasteiger partial charge on any atom is -0.378 e. The maximum atomic E-state index is 11.8. The molecule has 0 bridgehead atoms. The van der Waals surface area contributed by atoms with Gasteiger partial charge in [-0.3, -0.25) is 9.48 Å². The largest absolute Gasteiger partial charge is 0.378 e. The van der Waals surface area contributed by atoms with Crippen LogP contribution in [0.15, 0.2) is 24.3 Å². The molecular weight excluding hydrogens is 390 g/mol. The zero-order valence-electron chi connectivity index (χ0n) is 19.1. The van der Waals surface area contributed by atoms with Crippen molar-refractivity contribution in [2.75, 3.05) is 37.7 Å². The number of morpholine rings is 1. The van der Waals surface area contributed by atoms with Gasteiger partial charge in [0.05, 0.1) is 18.9 Å². The number of anilines is 1. The van der Waals surface area contributed by atoms with E-state index in [9.17, 15) is 4.79 Å². The summed E-state index contributed by atoms with van der Waals surface area (Å²) in [5.41, 5.74) is 4.91.